The van der Waals surface area contributed by atoms with Gasteiger partial charge in [-0.3, -0.25) is 14.6 Å². The molecule has 2 aliphatic heterocycles. The van der Waals surface area contributed by atoms with Crippen LogP contribution in [0.3, 0.4) is 0 Å². The van der Waals surface area contributed by atoms with Crippen molar-refractivity contribution in [2.45, 2.75) is 19.0 Å². The van der Waals surface area contributed by atoms with Crippen LogP contribution in [-0.4, -0.2) is 86.3 Å². The number of piperazine rings is 1. The summed E-state index contributed by atoms with van der Waals surface area (Å²) in [6.07, 6.45) is 0.559. The van der Waals surface area contributed by atoms with Crippen LogP contribution in [0.25, 0.3) is 10.8 Å². The lowest BCUT2D eigenvalue weighted by Crippen LogP contribution is -2.50. The van der Waals surface area contributed by atoms with Gasteiger partial charge < -0.3 is 4.90 Å². The van der Waals surface area contributed by atoms with E-state index in [1.807, 2.05) is 0 Å². The van der Waals surface area contributed by atoms with Gasteiger partial charge in [0.15, 0.2) is 9.84 Å². The van der Waals surface area contributed by atoms with Gasteiger partial charge in [-0.1, -0.05) is 42.5 Å². The van der Waals surface area contributed by atoms with Crippen LogP contribution >= 0.6 is 0 Å². The highest BCUT2D eigenvalue weighted by atomic mass is 32.2. The van der Waals surface area contributed by atoms with E-state index in [-0.39, 0.29) is 23.5 Å². The fourth-order valence-corrected chi connectivity index (χ4v) is 6.14. The van der Waals surface area contributed by atoms with E-state index < -0.39 is 9.84 Å². The molecule has 2 aliphatic rings. The SMILES string of the molecule is CN(C(=O)CN1CCN(Cc2cccc3ccccc23)CC1)[C@@H]1CCS(=O)(=O)C1. The second kappa shape index (κ2) is 8.42. The molecule has 0 bridgehead atoms. The molecule has 0 saturated carbocycles. The average Bonchev–Trinajstić information content (AvgIpc) is 3.09. The highest BCUT2D eigenvalue weighted by Gasteiger charge is 2.33. The fourth-order valence-electron chi connectivity index (χ4n) is 4.36. The standard InChI is InChI=1S/C22H29N3O3S/c1-23(20-9-14-29(27,28)17-20)22(26)16-25-12-10-24(11-13-25)15-19-7-4-6-18-5-2-3-8-21(18)19/h2-8,20H,9-17H2,1H3/t20-/m1/s1. The topological polar surface area (TPSA) is 60.9 Å². The van der Waals surface area contributed by atoms with Gasteiger partial charge in [-0.05, 0) is 22.8 Å². The van der Waals surface area contributed by atoms with Crippen LogP contribution in [0.4, 0.5) is 0 Å². The van der Waals surface area contributed by atoms with E-state index in [0.717, 1.165) is 32.7 Å². The second-order valence-electron chi connectivity index (χ2n) is 8.25. The minimum Gasteiger partial charge on any atom is -0.341 e. The molecule has 156 valence electrons. The highest BCUT2D eigenvalue weighted by molar-refractivity contribution is 7.91. The Labute approximate surface area is 173 Å². The van der Waals surface area contributed by atoms with Crippen molar-refractivity contribution >= 4 is 26.5 Å². The number of sulfone groups is 1. The summed E-state index contributed by atoms with van der Waals surface area (Å²) in [4.78, 5) is 18.9. The minimum atomic E-state index is -2.97. The molecule has 2 aromatic carbocycles. The van der Waals surface area contributed by atoms with Crippen molar-refractivity contribution in [2.75, 3.05) is 51.3 Å². The minimum absolute atomic E-state index is 0.0228. The van der Waals surface area contributed by atoms with Gasteiger partial charge in [0.05, 0.1) is 18.1 Å². The highest BCUT2D eigenvalue weighted by Crippen LogP contribution is 2.21. The zero-order valence-electron chi connectivity index (χ0n) is 17.0. The first-order chi connectivity index (χ1) is 13.9. The molecule has 0 unspecified atom stereocenters. The van der Waals surface area contributed by atoms with E-state index in [1.165, 1.54) is 16.3 Å². The van der Waals surface area contributed by atoms with Crippen molar-refractivity contribution in [3.05, 3.63) is 48.0 Å². The Morgan fingerprint density at radius 3 is 2.45 bits per heavy atom. The quantitative estimate of drug-likeness (QED) is 0.742. The molecule has 0 aliphatic carbocycles. The molecule has 2 aromatic rings. The molecule has 0 N–H and O–H groups in total. The second-order valence-corrected chi connectivity index (χ2v) is 10.5. The molecule has 2 heterocycles. The number of likely N-dealkylation sites (N-methyl/N-ethyl adjacent to an activating group) is 1. The lowest BCUT2D eigenvalue weighted by molar-refractivity contribution is -0.133. The Morgan fingerprint density at radius 1 is 1.03 bits per heavy atom. The van der Waals surface area contributed by atoms with Crippen LogP contribution < -0.4 is 0 Å². The largest absolute Gasteiger partial charge is 0.341 e. The van der Waals surface area contributed by atoms with E-state index >= 15 is 0 Å². The number of carbonyl (C=O) groups excluding carboxylic acids is 1. The van der Waals surface area contributed by atoms with Crippen LogP contribution in [0, 0.1) is 0 Å². The summed E-state index contributed by atoms with van der Waals surface area (Å²) in [6, 6.07) is 14.8. The monoisotopic (exact) mass is 415 g/mol. The maximum Gasteiger partial charge on any atom is 0.236 e. The van der Waals surface area contributed by atoms with Crippen molar-refractivity contribution in [1.29, 1.82) is 0 Å². The predicted molar refractivity (Wildman–Crippen MR) is 115 cm³/mol. The molecule has 2 saturated heterocycles. The van der Waals surface area contributed by atoms with E-state index in [1.54, 1.807) is 11.9 Å². The number of benzene rings is 2. The maximum absolute atomic E-state index is 12.6. The third-order valence-corrected chi connectivity index (χ3v) is 8.00. The number of rotatable bonds is 5. The molecule has 7 heteroatoms. The molecule has 0 spiro atoms. The van der Waals surface area contributed by atoms with Crippen molar-refractivity contribution in [3.63, 3.8) is 0 Å². The summed E-state index contributed by atoms with van der Waals surface area (Å²) in [5.74, 6) is 0.325. The summed E-state index contributed by atoms with van der Waals surface area (Å²) < 4.78 is 23.3. The summed E-state index contributed by atoms with van der Waals surface area (Å²) >= 11 is 0. The van der Waals surface area contributed by atoms with Crippen molar-refractivity contribution in [3.8, 4) is 0 Å². The Balaban J connectivity index is 1.29. The number of hydrogen-bond donors (Lipinski definition) is 0. The third-order valence-electron chi connectivity index (χ3n) is 6.25. The van der Waals surface area contributed by atoms with Gasteiger partial charge in [-0.15, -0.1) is 0 Å². The molecule has 4 rings (SSSR count). The maximum atomic E-state index is 12.6. The van der Waals surface area contributed by atoms with Crippen molar-refractivity contribution < 1.29 is 13.2 Å². The molecule has 1 atom stereocenters. The fraction of sp³-hybridized carbons (Fsp3) is 0.500. The molecule has 0 radical (unpaired) electrons. The normalized spacial score (nSPS) is 22.7. The molecule has 1 amide bonds. The van der Waals surface area contributed by atoms with E-state index in [4.69, 9.17) is 0 Å². The first kappa shape index (κ1) is 20.3. The van der Waals surface area contributed by atoms with Crippen LogP contribution in [-0.2, 0) is 21.2 Å². The lowest BCUT2D eigenvalue weighted by atomic mass is 10.0. The Bertz CT molecular complexity index is 978. The zero-order chi connectivity index (χ0) is 20.4. The van der Waals surface area contributed by atoms with Crippen LogP contribution in [0.15, 0.2) is 42.5 Å². The number of fused-ring (bicyclic) bond motifs is 1. The van der Waals surface area contributed by atoms with Gasteiger partial charge in [0, 0.05) is 45.8 Å². The molecular formula is C22H29N3O3S. The smallest absolute Gasteiger partial charge is 0.236 e. The van der Waals surface area contributed by atoms with Gasteiger partial charge in [-0.25, -0.2) is 8.42 Å². The molecule has 0 aromatic heterocycles. The third kappa shape index (κ3) is 4.79. The van der Waals surface area contributed by atoms with E-state index in [2.05, 4.69) is 52.3 Å². The average molecular weight is 416 g/mol. The van der Waals surface area contributed by atoms with Gasteiger partial charge in [0.25, 0.3) is 0 Å². The predicted octanol–water partition coefficient (Wildman–Crippen LogP) is 1.60. The van der Waals surface area contributed by atoms with Gasteiger partial charge >= 0.3 is 0 Å². The Morgan fingerprint density at radius 2 is 1.72 bits per heavy atom. The van der Waals surface area contributed by atoms with E-state index in [9.17, 15) is 13.2 Å². The first-order valence-electron chi connectivity index (χ1n) is 10.3. The Kier molecular flexibility index (Phi) is 5.90. The molecule has 6 nitrogen and oxygen atoms in total. The van der Waals surface area contributed by atoms with E-state index in [0.29, 0.717) is 13.0 Å². The van der Waals surface area contributed by atoms with Gasteiger partial charge in [0.2, 0.25) is 5.91 Å². The molecular weight excluding hydrogens is 386 g/mol. The first-order valence-corrected chi connectivity index (χ1v) is 12.1. The van der Waals surface area contributed by atoms with Crippen LogP contribution in [0.5, 0.6) is 0 Å². The summed E-state index contributed by atoms with van der Waals surface area (Å²) in [5, 5.41) is 2.58. The van der Waals surface area contributed by atoms with Crippen molar-refractivity contribution in [2.24, 2.45) is 0 Å². The number of hydrogen-bond acceptors (Lipinski definition) is 5. The number of amides is 1. The van der Waals surface area contributed by atoms with Gasteiger partial charge in [-0.2, -0.15) is 0 Å². The Hall–Kier alpha value is -1.96. The number of carbonyl (C=O) groups is 1. The summed E-state index contributed by atoms with van der Waals surface area (Å²) in [5.41, 5.74) is 1.34. The van der Waals surface area contributed by atoms with Gasteiger partial charge in [0.1, 0.15) is 0 Å². The van der Waals surface area contributed by atoms with Crippen LogP contribution in [0.2, 0.25) is 0 Å². The summed E-state index contributed by atoms with van der Waals surface area (Å²) in [7, 11) is -1.23. The molecule has 2 fully saturated rings. The number of nitrogens with zero attached hydrogens (tertiary/aromatic N) is 3. The molecule has 29 heavy (non-hydrogen) atoms. The zero-order valence-corrected chi connectivity index (χ0v) is 17.8. The van der Waals surface area contributed by atoms with Crippen LogP contribution in [0.1, 0.15) is 12.0 Å². The lowest BCUT2D eigenvalue weighted by Gasteiger charge is -2.35. The summed E-state index contributed by atoms with van der Waals surface area (Å²) in [6.45, 7) is 4.86. The van der Waals surface area contributed by atoms with Crippen molar-refractivity contribution in [1.82, 2.24) is 14.7 Å².